The number of terminal acetylenes is 1. The number of hydrogen-bond donors (Lipinski definition) is 3. The van der Waals surface area contributed by atoms with Crippen LogP contribution in [0.25, 0.3) is 0 Å². The largest absolute Gasteiger partial charge is 0.466 e. The lowest BCUT2D eigenvalue weighted by Crippen LogP contribution is -2.53. The van der Waals surface area contributed by atoms with Crippen LogP contribution in [0, 0.1) is 19.4 Å². The molecule has 10 heteroatoms. The van der Waals surface area contributed by atoms with Gasteiger partial charge >= 0.3 is 12.1 Å². The minimum absolute atomic E-state index is 0.0355. The molecule has 186 valence electrons. The predicted molar refractivity (Wildman–Crippen MR) is 124 cm³/mol. The van der Waals surface area contributed by atoms with Crippen molar-refractivity contribution in [2.45, 2.75) is 58.7 Å². The molecule has 0 aliphatic carbocycles. The van der Waals surface area contributed by atoms with Crippen molar-refractivity contribution >= 4 is 23.9 Å². The van der Waals surface area contributed by atoms with Crippen LogP contribution in [0.2, 0.25) is 0 Å². The Hall–Kier alpha value is -3.58. The number of carbonyl (C=O) groups is 4. The fourth-order valence-electron chi connectivity index (χ4n) is 2.98. The first-order valence-electron chi connectivity index (χ1n) is 10.8. The lowest BCUT2D eigenvalue weighted by atomic mass is 9.98. The van der Waals surface area contributed by atoms with Crippen LogP contribution in [0.3, 0.4) is 0 Å². The summed E-state index contributed by atoms with van der Waals surface area (Å²) in [5.74, 6) is -2.01. The Morgan fingerprint density at radius 2 is 1.85 bits per heavy atom. The van der Waals surface area contributed by atoms with E-state index in [-0.39, 0.29) is 19.6 Å². The molecule has 3 N–H and O–H groups in total. The lowest BCUT2D eigenvalue weighted by molar-refractivity contribution is -0.143. The second-order valence-corrected chi connectivity index (χ2v) is 8.32. The lowest BCUT2D eigenvalue weighted by Gasteiger charge is -2.30. The maximum Gasteiger partial charge on any atom is 0.408 e. The predicted octanol–water partition coefficient (Wildman–Crippen LogP) is 1.41. The second kappa shape index (κ2) is 13.2. The molecule has 1 rings (SSSR count). The number of aliphatic hydroxyl groups excluding tert-OH is 1. The Balaban J connectivity index is 3.19. The summed E-state index contributed by atoms with van der Waals surface area (Å²) in [4.78, 5) is 50.9. The van der Waals surface area contributed by atoms with Crippen molar-refractivity contribution in [3.63, 3.8) is 0 Å². The summed E-state index contributed by atoms with van der Waals surface area (Å²) < 4.78 is 9.98. The zero-order valence-corrected chi connectivity index (χ0v) is 20.2. The van der Waals surface area contributed by atoms with Crippen LogP contribution in [0.4, 0.5) is 4.79 Å². The highest BCUT2D eigenvalue weighted by Gasteiger charge is 2.36. The molecule has 10 nitrogen and oxygen atoms in total. The fourth-order valence-corrected chi connectivity index (χ4v) is 2.98. The molecule has 0 fully saturated rings. The van der Waals surface area contributed by atoms with Crippen molar-refractivity contribution in [3.8, 4) is 12.5 Å². The number of aryl methyl sites for hydroxylation is 1. The van der Waals surface area contributed by atoms with E-state index in [0.717, 1.165) is 4.90 Å². The van der Waals surface area contributed by atoms with Gasteiger partial charge in [-0.05, 0) is 45.7 Å². The van der Waals surface area contributed by atoms with Gasteiger partial charge in [-0.15, -0.1) is 0 Å². The first kappa shape index (κ1) is 28.5. The third-order valence-corrected chi connectivity index (χ3v) is 4.47. The van der Waals surface area contributed by atoms with E-state index in [2.05, 4.69) is 16.7 Å². The maximum atomic E-state index is 13.2. The van der Waals surface area contributed by atoms with E-state index in [0.29, 0.717) is 11.1 Å². The number of nitrogens with one attached hydrogen (secondary N) is 2. The van der Waals surface area contributed by atoms with Crippen molar-refractivity contribution in [2.75, 3.05) is 19.8 Å². The highest BCUT2D eigenvalue weighted by molar-refractivity contribution is 5.93. The van der Waals surface area contributed by atoms with Gasteiger partial charge in [0.05, 0.1) is 19.6 Å². The van der Waals surface area contributed by atoms with Gasteiger partial charge in [0.1, 0.15) is 17.7 Å². The summed E-state index contributed by atoms with van der Waals surface area (Å²) in [6, 6.07) is 6.28. The SMILES string of the molecule is C#CN(C(=O)C(CO)NC(=O)OC(C)(C)C)C(C(=O)NCCC(=O)OCC)c1ccccc1C. The molecule has 0 aromatic heterocycles. The molecule has 0 saturated heterocycles. The monoisotopic (exact) mass is 475 g/mol. The van der Waals surface area contributed by atoms with Crippen molar-refractivity contribution in [1.82, 2.24) is 15.5 Å². The fraction of sp³-hybridized carbons (Fsp3) is 0.500. The van der Waals surface area contributed by atoms with Gasteiger partial charge in [0.2, 0.25) is 5.91 Å². The maximum absolute atomic E-state index is 13.2. The molecule has 0 spiro atoms. The summed E-state index contributed by atoms with van der Waals surface area (Å²) in [6.07, 6.45) is 4.62. The van der Waals surface area contributed by atoms with E-state index in [1.165, 1.54) is 0 Å². The zero-order valence-electron chi connectivity index (χ0n) is 20.2. The van der Waals surface area contributed by atoms with Crippen molar-refractivity contribution in [3.05, 3.63) is 35.4 Å². The molecule has 0 heterocycles. The molecule has 2 unspecified atom stereocenters. The topological polar surface area (TPSA) is 134 Å². The van der Waals surface area contributed by atoms with Crippen molar-refractivity contribution < 1.29 is 33.8 Å². The number of alkyl carbamates (subject to hydrolysis) is 1. The Morgan fingerprint density at radius 1 is 1.21 bits per heavy atom. The number of carbonyl (C=O) groups excluding carboxylic acids is 4. The number of aliphatic hydroxyl groups is 1. The summed E-state index contributed by atoms with van der Waals surface area (Å²) in [7, 11) is 0. The third-order valence-electron chi connectivity index (χ3n) is 4.47. The van der Waals surface area contributed by atoms with Crippen molar-refractivity contribution in [1.29, 1.82) is 0 Å². The number of ether oxygens (including phenoxy) is 2. The van der Waals surface area contributed by atoms with Gasteiger partial charge in [-0.25, -0.2) is 4.79 Å². The molecule has 34 heavy (non-hydrogen) atoms. The zero-order chi connectivity index (χ0) is 25.9. The quantitative estimate of drug-likeness (QED) is 0.265. The first-order chi connectivity index (χ1) is 15.9. The molecule has 3 amide bonds. The third kappa shape index (κ3) is 8.75. The summed E-state index contributed by atoms with van der Waals surface area (Å²) in [5.41, 5.74) is 0.291. The minimum atomic E-state index is -1.45. The van der Waals surface area contributed by atoms with Gasteiger partial charge in [-0.3, -0.25) is 19.3 Å². The summed E-state index contributed by atoms with van der Waals surface area (Å²) in [5, 5.41) is 14.6. The molecule has 0 aliphatic heterocycles. The average Bonchev–Trinajstić information content (AvgIpc) is 2.75. The van der Waals surface area contributed by atoms with Gasteiger partial charge in [0.25, 0.3) is 5.91 Å². The van der Waals surface area contributed by atoms with E-state index < -0.39 is 48.2 Å². The molecule has 0 bridgehead atoms. The second-order valence-electron chi connectivity index (χ2n) is 8.32. The number of nitrogens with zero attached hydrogens (tertiary/aromatic N) is 1. The van der Waals surface area contributed by atoms with Crippen LogP contribution in [0.15, 0.2) is 24.3 Å². The Morgan fingerprint density at radius 3 is 2.38 bits per heavy atom. The Labute approximate surface area is 200 Å². The molecule has 0 aliphatic rings. The first-order valence-corrected chi connectivity index (χ1v) is 10.8. The van der Waals surface area contributed by atoms with Crippen LogP contribution in [0.5, 0.6) is 0 Å². The van der Waals surface area contributed by atoms with E-state index in [9.17, 15) is 24.3 Å². The normalized spacial score (nSPS) is 12.5. The molecule has 0 radical (unpaired) electrons. The van der Waals surface area contributed by atoms with Crippen LogP contribution in [-0.2, 0) is 23.9 Å². The number of benzene rings is 1. The average molecular weight is 476 g/mol. The van der Waals surface area contributed by atoms with Crippen LogP contribution in [-0.4, -0.2) is 65.3 Å². The van der Waals surface area contributed by atoms with Gasteiger partial charge in [0.15, 0.2) is 0 Å². The molecule has 0 saturated carbocycles. The smallest absolute Gasteiger partial charge is 0.408 e. The molecule has 2 atom stereocenters. The van der Waals surface area contributed by atoms with Crippen LogP contribution in [0.1, 0.15) is 51.3 Å². The van der Waals surface area contributed by atoms with Crippen LogP contribution < -0.4 is 10.6 Å². The van der Waals surface area contributed by atoms with E-state index in [1.54, 1.807) is 58.9 Å². The van der Waals surface area contributed by atoms with E-state index in [4.69, 9.17) is 15.9 Å². The van der Waals surface area contributed by atoms with Gasteiger partial charge in [-0.1, -0.05) is 30.7 Å². The highest BCUT2D eigenvalue weighted by atomic mass is 16.6. The van der Waals surface area contributed by atoms with Crippen molar-refractivity contribution in [2.24, 2.45) is 0 Å². The number of rotatable bonds is 10. The van der Waals surface area contributed by atoms with Gasteiger partial charge in [0, 0.05) is 12.6 Å². The summed E-state index contributed by atoms with van der Waals surface area (Å²) in [6.45, 7) is 7.75. The molecule has 1 aromatic carbocycles. The number of hydrogen-bond acceptors (Lipinski definition) is 7. The van der Waals surface area contributed by atoms with E-state index >= 15 is 0 Å². The Kier molecular flexibility index (Phi) is 11.1. The number of amides is 3. The standard InChI is InChI=1S/C24H33N3O7/c1-7-27(22(31)18(15-28)26-23(32)34-24(4,5)6)20(17-12-10-9-11-16(17)3)21(30)25-14-13-19(29)33-8-2/h1,9-12,18,20,28H,8,13-15H2,2-6H3,(H,25,30)(H,26,32). The molecular weight excluding hydrogens is 442 g/mol. The van der Waals surface area contributed by atoms with Crippen LogP contribution >= 0.6 is 0 Å². The molecule has 1 aromatic rings. The Bertz CT molecular complexity index is 918. The van der Waals surface area contributed by atoms with Gasteiger partial charge < -0.3 is 25.2 Å². The number of esters is 1. The minimum Gasteiger partial charge on any atom is -0.466 e. The molecular formula is C24H33N3O7. The van der Waals surface area contributed by atoms with E-state index in [1.807, 2.05) is 0 Å². The highest BCUT2D eigenvalue weighted by Crippen LogP contribution is 2.25. The van der Waals surface area contributed by atoms with Gasteiger partial charge in [-0.2, -0.15) is 0 Å². The summed E-state index contributed by atoms with van der Waals surface area (Å²) >= 11 is 0.